The van der Waals surface area contributed by atoms with Gasteiger partial charge in [-0.15, -0.1) is 0 Å². The first kappa shape index (κ1) is 13.2. The second-order valence-electron chi connectivity index (χ2n) is 4.72. The van der Waals surface area contributed by atoms with Crippen molar-refractivity contribution in [2.24, 2.45) is 0 Å². The third-order valence-corrected chi connectivity index (χ3v) is 3.37. The van der Waals surface area contributed by atoms with Crippen molar-refractivity contribution in [1.82, 2.24) is 0 Å². The quantitative estimate of drug-likeness (QED) is 0.894. The summed E-state index contributed by atoms with van der Waals surface area (Å²) < 4.78 is 0. The van der Waals surface area contributed by atoms with Gasteiger partial charge in [0.15, 0.2) is 0 Å². The molecule has 0 saturated heterocycles. The smallest absolute Gasteiger partial charge is 0.305 e. The fourth-order valence-electron chi connectivity index (χ4n) is 2.37. The molecule has 1 heterocycles. The number of carboxylic acid groups (broad SMARTS) is 1. The molecule has 1 N–H and O–H groups in total. The lowest BCUT2D eigenvalue weighted by molar-refractivity contribution is -0.136. The minimum atomic E-state index is -0.784. The molecular formula is C14H17N3O2. The highest BCUT2D eigenvalue weighted by Crippen LogP contribution is 2.32. The van der Waals surface area contributed by atoms with Crippen LogP contribution in [0.5, 0.6) is 0 Å². The Labute approximate surface area is 112 Å². The Kier molecular flexibility index (Phi) is 3.91. The number of rotatable bonds is 3. The number of fused-ring (bicyclic) bond motifs is 1. The molecule has 1 aliphatic rings. The zero-order valence-electron chi connectivity index (χ0n) is 11.0. The molecule has 2 rings (SSSR count). The van der Waals surface area contributed by atoms with Gasteiger partial charge in [-0.3, -0.25) is 4.79 Å². The lowest BCUT2D eigenvalue weighted by Gasteiger charge is -2.25. The Morgan fingerprint density at radius 3 is 2.89 bits per heavy atom. The van der Waals surface area contributed by atoms with Crippen molar-refractivity contribution < 1.29 is 9.90 Å². The SMILES string of the molecule is CN1CCCN(CCC(=O)O)c2ccc(C#N)cc21. The van der Waals surface area contributed by atoms with E-state index in [9.17, 15) is 4.79 Å². The average Bonchev–Trinajstić information content (AvgIpc) is 2.56. The van der Waals surface area contributed by atoms with Crippen LogP contribution in [0.3, 0.4) is 0 Å². The van der Waals surface area contributed by atoms with Crippen molar-refractivity contribution in [2.75, 3.05) is 36.5 Å². The Morgan fingerprint density at radius 2 is 2.21 bits per heavy atom. The molecule has 0 atom stereocenters. The van der Waals surface area contributed by atoms with Crippen LogP contribution in [0.25, 0.3) is 0 Å². The minimum Gasteiger partial charge on any atom is -0.481 e. The maximum absolute atomic E-state index is 10.7. The number of carboxylic acids is 1. The number of aliphatic carboxylic acids is 1. The molecule has 0 fully saturated rings. The van der Waals surface area contributed by atoms with Crippen molar-refractivity contribution in [1.29, 1.82) is 5.26 Å². The molecule has 100 valence electrons. The van der Waals surface area contributed by atoms with Gasteiger partial charge in [0.1, 0.15) is 0 Å². The van der Waals surface area contributed by atoms with E-state index in [0.717, 1.165) is 30.9 Å². The molecule has 0 saturated carbocycles. The van der Waals surface area contributed by atoms with Gasteiger partial charge < -0.3 is 14.9 Å². The molecule has 0 aliphatic carbocycles. The highest BCUT2D eigenvalue weighted by molar-refractivity contribution is 5.75. The molecule has 0 unspecified atom stereocenters. The van der Waals surface area contributed by atoms with Crippen LogP contribution in [-0.4, -0.2) is 37.8 Å². The third-order valence-electron chi connectivity index (χ3n) is 3.37. The van der Waals surface area contributed by atoms with Crippen LogP contribution in [0.15, 0.2) is 18.2 Å². The Balaban J connectivity index is 2.32. The van der Waals surface area contributed by atoms with Gasteiger partial charge in [0.05, 0.1) is 29.4 Å². The average molecular weight is 259 g/mol. The maximum atomic E-state index is 10.7. The molecular weight excluding hydrogens is 242 g/mol. The van der Waals surface area contributed by atoms with Crippen LogP contribution in [0.2, 0.25) is 0 Å². The van der Waals surface area contributed by atoms with E-state index < -0.39 is 5.97 Å². The predicted octanol–water partition coefficient (Wildman–Crippen LogP) is 1.68. The molecule has 1 aromatic carbocycles. The van der Waals surface area contributed by atoms with Gasteiger partial charge in [-0.1, -0.05) is 0 Å². The molecule has 0 amide bonds. The van der Waals surface area contributed by atoms with E-state index in [0.29, 0.717) is 12.1 Å². The zero-order chi connectivity index (χ0) is 13.8. The molecule has 19 heavy (non-hydrogen) atoms. The summed E-state index contributed by atoms with van der Waals surface area (Å²) in [6, 6.07) is 7.71. The summed E-state index contributed by atoms with van der Waals surface area (Å²) in [5, 5.41) is 17.8. The minimum absolute atomic E-state index is 0.128. The normalized spacial score (nSPS) is 14.5. The van der Waals surface area contributed by atoms with Gasteiger partial charge in [-0.2, -0.15) is 5.26 Å². The second-order valence-corrected chi connectivity index (χ2v) is 4.72. The van der Waals surface area contributed by atoms with Crippen LogP contribution >= 0.6 is 0 Å². The van der Waals surface area contributed by atoms with Crippen LogP contribution in [0.1, 0.15) is 18.4 Å². The van der Waals surface area contributed by atoms with Crippen LogP contribution < -0.4 is 9.80 Å². The lowest BCUT2D eigenvalue weighted by Crippen LogP contribution is -2.26. The number of carbonyl (C=O) groups is 1. The summed E-state index contributed by atoms with van der Waals surface area (Å²) in [6.45, 7) is 2.25. The van der Waals surface area contributed by atoms with E-state index in [-0.39, 0.29) is 6.42 Å². The number of nitriles is 1. The van der Waals surface area contributed by atoms with E-state index >= 15 is 0 Å². The molecule has 5 nitrogen and oxygen atoms in total. The fraction of sp³-hybridized carbons (Fsp3) is 0.429. The largest absolute Gasteiger partial charge is 0.481 e. The van der Waals surface area contributed by atoms with E-state index in [1.807, 2.05) is 19.2 Å². The standard InChI is InChI=1S/C14H17N3O2/c1-16-6-2-7-17(8-5-14(18)19)12-4-3-11(10-15)9-13(12)16/h3-4,9H,2,5-8H2,1H3,(H,18,19). The van der Waals surface area contributed by atoms with Gasteiger partial charge in [-0.05, 0) is 24.6 Å². The maximum Gasteiger partial charge on any atom is 0.305 e. The molecule has 0 bridgehead atoms. The summed E-state index contributed by atoms with van der Waals surface area (Å²) >= 11 is 0. The number of nitrogens with zero attached hydrogens (tertiary/aromatic N) is 3. The summed E-state index contributed by atoms with van der Waals surface area (Å²) in [5.41, 5.74) is 2.65. The summed E-state index contributed by atoms with van der Waals surface area (Å²) in [5.74, 6) is -0.784. The van der Waals surface area contributed by atoms with Gasteiger partial charge >= 0.3 is 5.97 Å². The molecule has 5 heteroatoms. The van der Waals surface area contributed by atoms with Crippen LogP contribution in [0.4, 0.5) is 11.4 Å². The molecule has 0 aromatic heterocycles. The van der Waals surface area contributed by atoms with Crippen LogP contribution in [-0.2, 0) is 4.79 Å². The molecule has 0 spiro atoms. The Morgan fingerprint density at radius 1 is 1.42 bits per heavy atom. The molecule has 1 aliphatic heterocycles. The second kappa shape index (κ2) is 5.61. The third kappa shape index (κ3) is 2.97. The van der Waals surface area contributed by atoms with E-state index in [4.69, 9.17) is 10.4 Å². The van der Waals surface area contributed by atoms with Gasteiger partial charge in [0.2, 0.25) is 0 Å². The molecule has 1 aromatic rings. The van der Waals surface area contributed by atoms with E-state index in [1.165, 1.54) is 0 Å². The monoisotopic (exact) mass is 259 g/mol. The van der Waals surface area contributed by atoms with E-state index in [1.54, 1.807) is 6.07 Å². The van der Waals surface area contributed by atoms with Crippen LogP contribution in [0, 0.1) is 11.3 Å². The summed E-state index contributed by atoms with van der Waals surface area (Å²) in [7, 11) is 2.00. The van der Waals surface area contributed by atoms with Crippen molar-refractivity contribution >= 4 is 17.3 Å². The topological polar surface area (TPSA) is 67.6 Å². The molecule has 0 radical (unpaired) electrons. The van der Waals surface area contributed by atoms with Gasteiger partial charge in [-0.25, -0.2) is 0 Å². The number of hydrogen-bond acceptors (Lipinski definition) is 4. The number of anilines is 2. The zero-order valence-corrected chi connectivity index (χ0v) is 11.0. The highest BCUT2D eigenvalue weighted by atomic mass is 16.4. The predicted molar refractivity (Wildman–Crippen MR) is 73.5 cm³/mol. The Bertz CT molecular complexity index is 522. The number of hydrogen-bond donors (Lipinski definition) is 1. The first-order valence-electron chi connectivity index (χ1n) is 6.34. The van der Waals surface area contributed by atoms with Gasteiger partial charge in [0.25, 0.3) is 0 Å². The summed E-state index contributed by atoms with van der Waals surface area (Å²) in [6.07, 6.45) is 1.11. The first-order chi connectivity index (χ1) is 9.11. The van der Waals surface area contributed by atoms with Crippen molar-refractivity contribution in [2.45, 2.75) is 12.8 Å². The van der Waals surface area contributed by atoms with Crippen molar-refractivity contribution in [3.05, 3.63) is 23.8 Å². The Hall–Kier alpha value is -2.22. The van der Waals surface area contributed by atoms with Crippen molar-refractivity contribution in [3.8, 4) is 6.07 Å². The fourth-order valence-corrected chi connectivity index (χ4v) is 2.37. The lowest BCUT2D eigenvalue weighted by atomic mass is 10.1. The first-order valence-corrected chi connectivity index (χ1v) is 6.34. The summed E-state index contributed by atoms with van der Waals surface area (Å²) in [4.78, 5) is 14.9. The van der Waals surface area contributed by atoms with Gasteiger partial charge in [0, 0.05) is 26.7 Å². The van der Waals surface area contributed by atoms with E-state index in [2.05, 4.69) is 15.9 Å². The van der Waals surface area contributed by atoms with Crippen molar-refractivity contribution in [3.63, 3.8) is 0 Å². The number of benzene rings is 1. The highest BCUT2D eigenvalue weighted by Gasteiger charge is 2.19.